The van der Waals surface area contributed by atoms with Crippen LogP contribution in [0.3, 0.4) is 0 Å². The summed E-state index contributed by atoms with van der Waals surface area (Å²) in [5.41, 5.74) is 4.38. The maximum atomic E-state index is 11.9. The molecule has 1 saturated heterocycles. The first-order chi connectivity index (χ1) is 18.5. The minimum absolute atomic E-state index is 0.0127. The van der Waals surface area contributed by atoms with Gasteiger partial charge in [-0.15, -0.1) is 0 Å². The maximum Gasteiger partial charge on any atom is 0.286 e. The second kappa shape index (κ2) is 10.3. The molecule has 202 valence electrons. The van der Waals surface area contributed by atoms with Crippen molar-refractivity contribution in [3.8, 4) is 23.0 Å². The van der Waals surface area contributed by atoms with E-state index in [1.807, 2.05) is 52.0 Å². The summed E-state index contributed by atoms with van der Waals surface area (Å²) in [5, 5.41) is 12.5. The fraction of sp³-hybridized carbons (Fsp3) is 0.310. The van der Waals surface area contributed by atoms with Crippen molar-refractivity contribution in [2.24, 2.45) is 0 Å². The van der Waals surface area contributed by atoms with E-state index in [9.17, 15) is 19.7 Å². The van der Waals surface area contributed by atoms with E-state index in [1.54, 1.807) is 12.1 Å². The third kappa shape index (κ3) is 5.42. The second-order valence-corrected chi connectivity index (χ2v) is 11.3. The first kappa shape index (κ1) is 26.6. The van der Waals surface area contributed by atoms with Gasteiger partial charge in [0.1, 0.15) is 35.2 Å². The number of non-ortho nitro benzene ring substituents is 1. The molecule has 2 atom stereocenters. The molecule has 1 fully saturated rings. The van der Waals surface area contributed by atoms with E-state index < -0.39 is 15.8 Å². The molecule has 0 bridgehead atoms. The molecule has 2 aliphatic rings. The normalized spacial score (nSPS) is 19.8. The van der Waals surface area contributed by atoms with Crippen molar-refractivity contribution in [3.05, 3.63) is 86.5 Å². The highest BCUT2D eigenvalue weighted by Gasteiger charge is 2.39. The van der Waals surface area contributed by atoms with Crippen LogP contribution in [0.25, 0.3) is 0 Å². The smallest absolute Gasteiger partial charge is 0.286 e. The summed E-state index contributed by atoms with van der Waals surface area (Å²) in [4.78, 5) is 33.8. The molecular weight excluding hydrogens is 520 g/mol. The summed E-state index contributed by atoms with van der Waals surface area (Å²) in [6.45, 7) is 8.30. The highest BCUT2D eigenvalue weighted by atomic mass is 32.2. The Morgan fingerprint density at radius 3 is 2.31 bits per heavy atom. The molecule has 5 rings (SSSR count). The molecule has 10 heteroatoms. The number of amides is 2. The standard InChI is InChI=1S/C29H28N2O7S/c1-16-17(2)26-23(14-29(4,38-26)15-36-21-11-7-20(8-12-21)31(34)35)18(3)25(16)37-22-9-5-19(6-10-22)13-24-27(32)30-28(33)39-24/h5-12,24H,13-15H2,1-4H3,(H,30,32,33). The van der Waals surface area contributed by atoms with Crippen LogP contribution in [0.2, 0.25) is 0 Å². The van der Waals surface area contributed by atoms with Crippen LogP contribution < -0.4 is 19.5 Å². The van der Waals surface area contributed by atoms with Crippen molar-refractivity contribution in [2.75, 3.05) is 6.61 Å². The van der Waals surface area contributed by atoms with Crippen molar-refractivity contribution < 1.29 is 28.7 Å². The third-order valence-electron chi connectivity index (χ3n) is 7.13. The van der Waals surface area contributed by atoms with Gasteiger partial charge in [0.15, 0.2) is 0 Å². The molecule has 2 amide bonds. The Bertz CT molecular complexity index is 1470. The van der Waals surface area contributed by atoms with Gasteiger partial charge in [0.2, 0.25) is 5.91 Å². The Morgan fingerprint density at radius 1 is 1.03 bits per heavy atom. The number of carbonyl (C=O) groups is 2. The molecule has 0 aromatic heterocycles. The zero-order valence-electron chi connectivity index (χ0n) is 22.0. The summed E-state index contributed by atoms with van der Waals surface area (Å²) in [7, 11) is 0. The van der Waals surface area contributed by atoms with Crippen LogP contribution in [0.4, 0.5) is 10.5 Å². The van der Waals surface area contributed by atoms with Gasteiger partial charge in [-0.1, -0.05) is 23.9 Å². The number of thioether (sulfide) groups is 1. The number of fused-ring (bicyclic) bond motifs is 1. The molecule has 3 aromatic rings. The number of nitrogens with one attached hydrogen (secondary N) is 1. The summed E-state index contributed by atoms with van der Waals surface area (Å²) >= 11 is 1.02. The first-order valence-corrected chi connectivity index (χ1v) is 13.4. The van der Waals surface area contributed by atoms with Gasteiger partial charge in [0.25, 0.3) is 10.9 Å². The van der Waals surface area contributed by atoms with E-state index in [4.69, 9.17) is 14.2 Å². The quantitative estimate of drug-likeness (QED) is 0.270. The van der Waals surface area contributed by atoms with Crippen LogP contribution in [0.1, 0.15) is 34.7 Å². The van der Waals surface area contributed by atoms with Crippen molar-refractivity contribution >= 4 is 28.6 Å². The van der Waals surface area contributed by atoms with Gasteiger partial charge < -0.3 is 14.2 Å². The Hall–Kier alpha value is -4.05. The highest BCUT2D eigenvalue weighted by Crippen LogP contribution is 2.46. The number of nitro benzene ring substituents is 1. The summed E-state index contributed by atoms with van der Waals surface area (Å²) < 4.78 is 18.7. The fourth-order valence-corrected chi connectivity index (χ4v) is 5.71. The van der Waals surface area contributed by atoms with Gasteiger partial charge in [-0.05, 0) is 80.6 Å². The minimum Gasteiger partial charge on any atom is -0.489 e. The number of ether oxygens (including phenoxy) is 3. The highest BCUT2D eigenvalue weighted by molar-refractivity contribution is 8.15. The number of rotatable bonds is 8. The number of imide groups is 1. The van der Waals surface area contributed by atoms with Gasteiger partial charge in [-0.3, -0.25) is 25.0 Å². The Morgan fingerprint density at radius 2 is 1.69 bits per heavy atom. The molecule has 2 aliphatic heterocycles. The minimum atomic E-state index is -0.613. The van der Waals surface area contributed by atoms with Gasteiger partial charge >= 0.3 is 0 Å². The number of benzene rings is 3. The van der Waals surface area contributed by atoms with Crippen LogP contribution >= 0.6 is 11.8 Å². The fourth-order valence-electron chi connectivity index (χ4n) is 4.85. The first-order valence-electron chi connectivity index (χ1n) is 12.5. The topological polar surface area (TPSA) is 117 Å². The molecule has 0 saturated carbocycles. The molecule has 3 aromatic carbocycles. The van der Waals surface area contributed by atoms with Crippen LogP contribution in [-0.2, 0) is 17.6 Å². The van der Waals surface area contributed by atoms with Crippen LogP contribution in [0, 0.1) is 30.9 Å². The average Bonchev–Trinajstić information content (AvgIpc) is 3.43. The molecule has 39 heavy (non-hydrogen) atoms. The lowest BCUT2D eigenvalue weighted by Crippen LogP contribution is -2.37. The number of nitrogens with zero attached hydrogens (tertiary/aromatic N) is 1. The Balaban J connectivity index is 1.29. The van der Waals surface area contributed by atoms with E-state index in [2.05, 4.69) is 5.32 Å². The third-order valence-corrected chi connectivity index (χ3v) is 8.11. The largest absolute Gasteiger partial charge is 0.489 e. The number of carbonyl (C=O) groups excluding carboxylic acids is 2. The monoisotopic (exact) mass is 548 g/mol. The van der Waals surface area contributed by atoms with Crippen molar-refractivity contribution in [3.63, 3.8) is 0 Å². The average molecular weight is 549 g/mol. The lowest BCUT2D eigenvalue weighted by Gasteiger charge is -2.24. The van der Waals surface area contributed by atoms with E-state index in [0.717, 1.165) is 51.1 Å². The number of hydrogen-bond acceptors (Lipinski definition) is 8. The van der Waals surface area contributed by atoms with Crippen LogP contribution in [0.15, 0.2) is 48.5 Å². The molecule has 0 spiro atoms. The zero-order chi connectivity index (χ0) is 27.9. The maximum absolute atomic E-state index is 11.9. The van der Waals surface area contributed by atoms with Crippen molar-refractivity contribution in [2.45, 2.75) is 51.4 Å². The lowest BCUT2D eigenvalue weighted by molar-refractivity contribution is -0.384. The van der Waals surface area contributed by atoms with Crippen LogP contribution in [-0.4, -0.2) is 33.5 Å². The predicted molar refractivity (Wildman–Crippen MR) is 147 cm³/mol. The second-order valence-electron chi connectivity index (χ2n) is 10.1. The van der Waals surface area contributed by atoms with Crippen molar-refractivity contribution in [1.29, 1.82) is 0 Å². The summed E-state index contributed by atoms with van der Waals surface area (Å²) in [5.74, 6) is 2.57. The summed E-state index contributed by atoms with van der Waals surface area (Å²) in [6.07, 6.45) is 1.09. The zero-order valence-corrected chi connectivity index (χ0v) is 22.8. The number of hydrogen-bond donors (Lipinski definition) is 1. The van der Waals surface area contributed by atoms with Gasteiger partial charge in [0.05, 0.1) is 10.2 Å². The molecule has 0 radical (unpaired) electrons. The molecule has 2 heterocycles. The number of nitro groups is 1. The van der Waals surface area contributed by atoms with E-state index in [0.29, 0.717) is 24.3 Å². The molecular formula is C29H28N2O7S. The lowest BCUT2D eigenvalue weighted by atomic mass is 9.93. The van der Waals surface area contributed by atoms with Gasteiger partial charge in [-0.25, -0.2) is 0 Å². The van der Waals surface area contributed by atoms with E-state index in [-0.39, 0.29) is 23.4 Å². The molecule has 2 unspecified atom stereocenters. The predicted octanol–water partition coefficient (Wildman–Crippen LogP) is 5.98. The summed E-state index contributed by atoms with van der Waals surface area (Å²) in [6, 6.07) is 13.6. The van der Waals surface area contributed by atoms with E-state index in [1.165, 1.54) is 12.1 Å². The Kier molecular flexibility index (Phi) is 6.98. The van der Waals surface area contributed by atoms with Gasteiger partial charge in [-0.2, -0.15) is 0 Å². The molecule has 9 nitrogen and oxygen atoms in total. The van der Waals surface area contributed by atoms with Crippen molar-refractivity contribution in [1.82, 2.24) is 5.32 Å². The van der Waals surface area contributed by atoms with E-state index >= 15 is 0 Å². The SMILES string of the molecule is Cc1c(C)c2c(c(C)c1Oc1ccc(CC3SC(=O)NC3=O)cc1)CC(C)(COc1ccc([N+](=O)[O-])cc1)O2. The Labute approximate surface area is 230 Å². The van der Waals surface area contributed by atoms with Crippen LogP contribution in [0.5, 0.6) is 23.0 Å². The van der Waals surface area contributed by atoms with Gasteiger partial charge in [0, 0.05) is 24.1 Å². The molecule has 0 aliphatic carbocycles. The molecule has 1 N–H and O–H groups in total.